The minimum Gasteiger partial charge on any atom is -0.276 e. The first kappa shape index (κ1) is 9.49. The Kier molecular flexibility index (Phi) is 2.70. The molecule has 12 heavy (non-hydrogen) atoms. The van der Waals surface area contributed by atoms with Crippen molar-refractivity contribution in [1.29, 1.82) is 0 Å². The summed E-state index contributed by atoms with van der Waals surface area (Å²) < 4.78 is 12.9. The topological polar surface area (TPSA) is 17.1 Å². The molecule has 1 aromatic rings. The molecule has 0 unspecified atom stereocenters. The molecule has 0 spiro atoms. The van der Waals surface area contributed by atoms with Crippen molar-refractivity contribution >= 4 is 28.4 Å². The standard InChI is InChI=1S/C8H5Cl2FO/c1-4-2-5(8(10)12)7(9)6(11)3-4/h2-3H,1H3. The summed E-state index contributed by atoms with van der Waals surface area (Å²) in [7, 11) is 0. The second-order valence-corrected chi connectivity index (χ2v) is 3.10. The molecule has 1 aromatic carbocycles. The van der Waals surface area contributed by atoms with E-state index < -0.39 is 11.1 Å². The molecule has 0 atom stereocenters. The number of carbonyl (C=O) groups excluding carboxylic acids is 1. The third-order valence-corrected chi connectivity index (χ3v) is 1.97. The SMILES string of the molecule is Cc1cc(F)c(Cl)c(C(=O)Cl)c1. The minimum atomic E-state index is -0.748. The molecule has 0 bridgehead atoms. The predicted molar refractivity (Wildman–Crippen MR) is 46.3 cm³/mol. The molecule has 0 amide bonds. The zero-order valence-electron chi connectivity index (χ0n) is 6.20. The fourth-order valence-electron chi connectivity index (χ4n) is 0.868. The summed E-state index contributed by atoms with van der Waals surface area (Å²) in [4.78, 5) is 10.7. The number of hydrogen-bond donors (Lipinski definition) is 0. The molecule has 1 nitrogen and oxygen atoms in total. The van der Waals surface area contributed by atoms with Gasteiger partial charge in [0.15, 0.2) is 0 Å². The van der Waals surface area contributed by atoms with Crippen LogP contribution in [-0.2, 0) is 0 Å². The first-order valence-corrected chi connectivity index (χ1v) is 3.93. The van der Waals surface area contributed by atoms with E-state index in [1.165, 1.54) is 12.1 Å². The van der Waals surface area contributed by atoms with Crippen LogP contribution < -0.4 is 0 Å². The number of carbonyl (C=O) groups is 1. The molecule has 0 N–H and O–H groups in total. The van der Waals surface area contributed by atoms with E-state index in [1.807, 2.05) is 0 Å². The van der Waals surface area contributed by atoms with E-state index in [1.54, 1.807) is 6.92 Å². The lowest BCUT2D eigenvalue weighted by Crippen LogP contribution is -1.94. The first-order chi connectivity index (χ1) is 5.52. The van der Waals surface area contributed by atoms with Gasteiger partial charge >= 0.3 is 0 Å². The van der Waals surface area contributed by atoms with Crippen LogP contribution in [0.3, 0.4) is 0 Å². The normalized spacial score (nSPS) is 10.0. The van der Waals surface area contributed by atoms with Gasteiger partial charge in [-0.15, -0.1) is 0 Å². The summed E-state index contributed by atoms with van der Waals surface area (Å²) in [6, 6.07) is 2.69. The highest BCUT2D eigenvalue weighted by atomic mass is 35.5. The Labute approximate surface area is 79.1 Å². The largest absolute Gasteiger partial charge is 0.276 e. The summed E-state index contributed by atoms with van der Waals surface area (Å²) in [6.45, 7) is 1.66. The summed E-state index contributed by atoms with van der Waals surface area (Å²) in [5, 5.41) is -0.969. The average molecular weight is 207 g/mol. The number of hydrogen-bond acceptors (Lipinski definition) is 1. The fraction of sp³-hybridized carbons (Fsp3) is 0.125. The van der Waals surface area contributed by atoms with Crippen molar-refractivity contribution in [3.8, 4) is 0 Å². The maximum atomic E-state index is 12.9. The highest BCUT2D eigenvalue weighted by molar-refractivity contribution is 6.68. The molecule has 4 heteroatoms. The van der Waals surface area contributed by atoms with Crippen molar-refractivity contribution in [1.82, 2.24) is 0 Å². The van der Waals surface area contributed by atoms with Gasteiger partial charge in [-0.3, -0.25) is 4.79 Å². The molecular formula is C8H5Cl2FO. The van der Waals surface area contributed by atoms with Crippen LogP contribution in [0, 0.1) is 12.7 Å². The Hall–Kier alpha value is -0.600. The first-order valence-electron chi connectivity index (χ1n) is 3.18. The number of halogens is 3. The smallest absolute Gasteiger partial charge is 0.254 e. The minimum absolute atomic E-state index is 0.0100. The third-order valence-electron chi connectivity index (χ3n) is 1.38. The Morgan fingerprint density at radius 2 is 2.08 bits per heavy atom. The second kappa shape index (κ2) is 3.42. The van der Waals surface area contributed by atoms with Crippen molar-refractivity contribution in [2.24, 2.45) is 0 Å². The van der Waals surface area contributed by atoms with Gasteiger partial charge in [-0.1, -0.05) is 11.6 Å². The van der Waals surface area contributed by atoms with Crippen LogP contribution in [-0.4, -0.2) is 5.24 Å². The Morgan fingerprint density at radius 1 is 1.50 bits per heavy atom. The number of aryl methyl sites for hydroxylation is 1. The maximum Gasteiger partial charge on any atom is 0.254 e. The Balaban J connectivity index is 3.37. The fourth-order valence-corrected chi connectivity index (χ4v) is 1.26. The highest BCUT2D eigenvalue weighted by Gasteiger charge is 2.12. The molecule has 0 radical (unpaired) electrons. The van der Waals surface area contributed by atoms with Crippen LogP contribution in [0.1, 0.15) is 15.9 Å². The molecule has 0 saturated heterocycles. The average Bonchev–Trinajstić information content (AvgIpc) is 1.96. The van der Waals surface area contributed by atoms with Crippen molar-refractivity contribution in [3.05, 3.63) is 34.1 Å². The second-order valence-electron chi connectivity index (χ2n) is 2.38. The molecule has 64 valence electrons. The van der Waals surface area contributed by atoms with Crippen LogP contribution >= 0.6 is 23.2 Å². The third kappa shape index (κ3) is 1.76. The van der Waals surface area contributed by atoms with Crippen LogP contribution in [0.5, 0.6) is 0 Å². The van der Waals surface area contributed by atoms with E-state index in [4.69, 9.17) is 23.2 Å². The van der Waals surface area contributed by atoms with Crippen molar-refractivity contribution in [2.75, 3.05) is 0 Å². The van der Waals surface area contributed by atoms with Gasteiger partial charge in [0.25, 0.3) is 5.24 Å². The number of benzene rings is 1. The van der Waals surface area contributed by atoms with Gasteiger partial charge in [-0.05, 0) is 36.2 Å². The maximum absolute atomic E-state index is 12.9. The predicted octanol–water partition coefficient (Wildman–Crippen LogP) is 3.17. The van der Waals surface area contributed by atoms with E-state index in [0.717, 1.165) is 0 Å². The van der Waals surface area contributed by atoms with Gasteiger partial charge in [0.1, 0.15) is 5.82 Å². The molecular weight excluding hydrogens is 202 g/mol. The van der Waals surface area contributed by atoms with E-state index in [-0.39, 0.29) is 10.6 Å². The summed E-state index contributed by atoms with van der Waals surface area (Å²) in [6.07, 6.45) is 0. The van der Waals surface area contributed by atoms with Crippen molar-refractivity contribution in [3.63, 3.8) is 0 Å². The molecule has 0 saturated carbocycles. The van der Waals surface area contributed by atoms with Crippen molar-refractivity contribution in [2.45, 2.75) is 6.92 Å². The zero-order valence-corrected chi connectivity index (χ0v) is 7.71. The number of rotatable bonds is 1. The van der Waals surface area contributed by atoms with Crippen LogP contribution in [0.25, 0.3) is 0 Å². The summed E-state index contributed by atoms with van der Waals surface area (Å²) in [5.41, 5.74) is 0.622. The van der Waals surface area contributed by atoms with Gasteiger partial charge in [0.05, 0.1) is 10.6 Å². The van der Waals surface area contributed by atoms with Gasteiger partial charge in [-0.2, -0.15) is 0 Å². The quantitative estimate of drug-likeness (QED) is 0.646. The van der Waals surface area contributed by atoms with Gasteiger partial charge in [-0.25, -0.2) is 4.39 Å². The monoisotopic (exact) mass is 206 g/mol. The highest BCUT2D eigenvalue weighted by Crippen LogP contribution is 2.22. The van der Waals surface area contributed by atoms with Gasteiger partial charge in [0, 0.05) is 0 Å². The summed E-state index contributed by atoms with van der Waals surface area (Å²) >= 11 is 10.6. The molecule has 0 heterocycles. The van der Waals surface area contributed by atoms with Crippen molar-refractivity contribution < 1.29 is 9.18 Å². The zero-order chi connectivity index (χ0) is 9.30. The molecule has 1 rings (SSSR count). The van der Waals surface area contributed by atoms with E-state index in [0.29, 0.717) is 5.56 Å². The molecule has 0 aliphatic carbocycles. The van der Waals surface area contributed by atoms with E-state index >= 15 is 0 Å². The molecule has 0 aliphatic rings. The molecule has 0 aliphatic heterocycles. The van der Waals surface area contributed by atoms with E-state index in [2.05, 4.69) is 0 Å². The molecule has 0 fully saturated rings. The Morgan fingerprint density at radius 3 is 2.58 bits per heavy atom. The van der Waals surface area contributed by atoms with Crippen LogP contribution in [0.2, 0.25) is 5.02 Å². The lowest BCUT2D eigenvalue weighted by atomic mass is 10.1. The molecule has 0 aromatic heterocycles. The summed E-state index contributed by atoms with van der Waals surface area (Å²) in [5.74, 6) is -0.624. The van der Waals surface area contributed by atoms with Crippen LogP contribution in [0.15, 0.2) is 12.1 Å². The van der Waals surface area contributed by atoms with Crippen LogP contribution in [0.4, 0.5) is 4.39 Å². The Bertz CT molecular complexity index is 336. The van der Waals surface area contributed by atoms with Gasteiger partial charge < -0.3 is 0 Å². The lowest BCUT2D eigenvalue weighted by Gasteiger charge is -2.01. The van der Waals surface area contributed by atoms with E-state index in [9.17, 15) is 9.18 Å². The lowest BCUT2D eigenvalue weighted by molar-refractivity contribution is 0.108. The van der Waals surface area contributed by atoms with Gasteiger partial charge in [0.2, 0.25) is 0 Å².